The molecule has 0 spiro atoms. The van der Waals surface area contributed by atoms with Crippen LogP contribution in [0.5, 0.6) is 0 Å². The van der Waals surface area contributed by atoms with Crippen LogP contribution in [0.25, 0.3) is 0 Å². The van der Waals surface area contributed by atoms with Crippen LogP contribution < -0.4 is 10.6 Å². The first-order chi connectivity index (χ1) is 10.9. The Balaban J connectivity index is 0.00000288. The molecule has 0 unspecified atom stereocenters. The Morgan fingerprint density at radius 3 is 2.28 bits per heavy atom. The number of rotatable bonds is 5. The van der Waals surface area contributed by atoms with Gasteiger partial charge in [0.15, 0.2) is 0 Å². The summed E-state index contributed by atoms with van der Waals surface area (Å²) in [5.41, 5.74) is 6.31. The van der Waals surface area contributed by atoms with Crippen molar-refractivity contribution in [1.82, 2.24) is 9.88 Å². The summed E-state index contributed by atoms with van der Waals surface area (Å²) >= 11 is 0. The Kier molecular flexibility index (Phi) is 10.4. The number of carbonyl (C=O) groups is 1. The zero-order valence-corrected chi connectivity index (χ0v) is 17.2. The van der Waals surface area contributed by atoms with E-state index in [0.29, 0.717) is 18.7 Å². The molecule has 2 heterocycles. The largest absolute Gasteiger partial charge is 0.357 e. The quantitative estimate of drug-likeness (QED) is 0.836. The molecule has 1 amide bonds. The maximum absolute atomic E-state index is 12.5. The Bertz CT molecular complexity index is 514. The van der Waals surface area contributed by atoms with E-state index in [1.165, 1.54) is 25.7 Å². The molecule has 2 N–H and O–H groups in total. The van der Waals surface area contributed by atoms with Crippen LogP contribution in [-0.4, -0.2) is 49.0 Å². The average Bonchev–Trinajstić information content (AvgIpc) is 2.83. The number of hydrogen-bond donors (Lipinski definition) is 1. The fourth-order valence-electron chi connectivity index (χ4n) is 3.00. The second-order valence-electron chi connectivity index (χ2n) is 7.34. The SMILES string of the molecule is CN(CC(C)(C)CN)C(=O)c1ccc(N2CCCCCC2)nc1.Cl.Cl. The highest BCUT2D eigenvalue weighted by molar-refractivity contribution is 5.94. The lowest BCUT2D eigenvalue weighted by Gasteiger charge is -2.29. The standard InChI is InChI=1S/C18H30N4O.2ClH/c1-18(2,13-19)14-21(3)17(23)15-8-9-16(20-12-15)22-10-6-4-5-7-11-22;;/h8-9,12H,4-7,10-11,13-14,19H2,1-3H3;2*1H. The highest BCUT2D eigenvalue weighted by Gasteiger charge is 2.22. The minimum Gasteiger partial charge on any atom is -0.357 e. The molecule has 0 aromatic carbocycles. The molecule has 0 aliphatic carbocycles. The second-order valence-corrected chi connectivity index (χ2v) is 7.34. The van der Waals surface area contributed by atoms with Crippen molar-refractivity contribution in [2.75, 3.05) is 38.1 Å². The highest BCUT2D eigenvalue weighted by Crippen LogP contribution is 2.19. The van der Waals surface area contributed by atoms with Crippen molar-refractivity contribution in [3.63, 3.8) is 0 Å². The van der Waals surface area contributed by atoms with Crippen molar-refractivity contribution in [3.8, 4) is 0 Å². The summed E-state index contributed by atoms with van der Waals surface area (Å²) < 4.78 is 0. The second kappa shape index (κ2) is 10.8. The molecule has 144 valence electrons. The van der Waals surface area contributed by atoms with E-state index >= 15 is 0 Å². The monoisotopic (exact) mass is 390 g/mol. The van der Waals surface area contributed by atoms with Crippen molar-refractivity contribution >= 4 is 36.5 Å². The predicted molar refractivity (Wildman–Crippen MR) is 109 cm³/mol. The summed E-state index contributed by atoms with van der Waals surface area (Å²) in [6.07, 6.45) is 6.75. The Labute approximate surface area is 164 Å². The molecule has 2 rings (SSSR count). The predicted octanol–water partition coefficient (Wildman–Crippen LogP) is 3.36. The highest BCUT2D eigenvalue weighted by atomic mass is 35.5. The lowest BCUT2D eigenvalue weighted by Crippen LogP contribution is -2.39. The molecule has 25 heavy (non-hydrogen) atoms. The Hall–Kier alpha value is -1.04. The molecule has 0 saturated carbocycles. The van der Waals surface area contributed by atoms with E-state index in [1.54, 1.807) is 11.1 Å². The number of aromatic nitrogens is 1. The first-order valence-electron chi connectivity index (χ1n) is 8.59. The number of anilines is 1. The van der Waals surface area contributed by atoms with Crippen LogP contribution in [0.1, 0.15) is 49.9 Å². The van der Waals surface area contributed by atoms with Gasteiger partial charge < -0.3 is 15.5 Å². The molecule has 1 aliphatic heterocycles. The lowest BCUT2D eigenvalue weighted by molar-refractivity contribution is 0.0740. The Morgan fingerprint density at radius 1 is 1.20 bits per heavy atom. The van der Waals surface area contributed by atoms with Gasteiger partial charge in [0, 0.05) is 32.9 Å². The molecule has 1 aliphatic rings. The molecule has 5 nitrogen and oxygen atoms in total. The van der Waals surface area contributed by atoms with Crippen LogP contribution in [0.3, 0.4) is 0 Å². The van der Waals surface area contributed by atoms with E-state index in [0.717, 1.165) is 18.9 Å². The van der Waals surface area contributed by atoms with Gasteiger partial charge in [0.05, 0.1) is 5.56 Å². The van der Waals surface area contributed by atoms with Gasteiger partial charge in [-0.2, -0.15) is 0 Å². The smallest absolute Gasteiger partial charge is 0.255 e. The average molecular weight is 391 g/mol. The van der Waals surface area contributed by atoms with E-state index in [2.05, 4.69) is 23.7 Å². The van der Waals surface area contributed by atoms with E-state index in [4.69, 9.17) is 5.73 Å². The normalized spacial score (nSPS) is 14.8. The van der Waals surface area contributed by atoms with E-state index in [9.17, 15) is 4.79 Å². The number of halogens is 2. The van der Waals surface area contributed by atoms with Gasteiger partial charge in [-0.15, -0.1) is 24.8 Å². The lowest BCUT2D eigenvalue weighted by atomic mass is 9.93. The number of pyridine rings is 1. The number of hydrogen-bond acceptors (Lipinski definition) is 4. The fraction of sp³-hybridized carbons (Fsp3) is 0.667. The van der Waals surface area contributed by atoms with Crippen LogP contribution in [0, 0.1) is 5.41 Å². The Morgan fingerprint density at radius 2 is 1.80 bits per heavy atom. The molecule has 0 bridgehead atoms. The molecular formula is C18H32Cl2N4O. The summed E-state index contributed by atoms with van der Waals surface area (Å²) in [6.45, 7) is 7.44. The number of nitrogens with zero attached hydrogens (tertiary/aromatic N) is 3. The first kappa shape index (κ1) is 24.0. The molecule has 7 heteroatoms. The molecule has 0 radical (unpaired) electrons. The number of carbonyl (C=O) groups excluding carboxylic acids is 1. The third-order valence-corrected chi connectivity index (χ3v) is 4.49. The third kappa shape index (κ3) is 7.00. The molecule has 0 atom stereocenters. The first-order valence-corrected chi connectivity index (χ1v) is 8.59. The number of nitrogens with two attached hydrogens (primary N) is 1. The van der Waals surface area contributed by atoms with Crippen LogP contribution in [0.15, 0.2) is 18.3 Å². The van der Waals surface area contributed by atoms with Gasteiger partial charge >= 0.3 is 0 Å². The minimum atomic E-state index is -0.0795. The zero-order valence-electron chi connectivity index (χ0n) is 15.5. The van der Waals surface area contributed by atoms with Crippen LogP contribution in [-0.2, 0) is 0 Å². The van der Waals surface area contributed by atoms with Crippen molar-refractivity contribution in [2.24, 2.45) is 11.1 Å². The summed E-state index contributed by atoms with van der Waals surface area (Å²) in [4.78, 5) is 21.1. The van der Waals surface area contributed by atoms with Gasteiger partial charge in [-0.3, -0.25) is 4.79 Å². The van der Waals surface area contributed by atoms with Crippen LogP contribution >= 0.6 is 24.8 Å². The molecule has 1 fully saturated rings. The molecule has 1 aromatic heterocycles. The van der Waals surface area contributed by atoms with Gasteiger partial charge in [0.1, 0.15) is 5.82 Å². The van der Waals surface area contributed by atoms with E-state index in [-0.39, 0.29) is 36.1 Å². The van der Waals surface area contributed by atoms with Gasteiger partial charge in [0.2, 0.25) is 0 Å². The molecular weight excluding hydrogens is 359 g/mol. The van der Waals surface area contributed by atoms with Crippen molar-refractivity contribution in [2.45, 2.75) is 39.5 Å². The van der Waals surface area contributed by atoms with Crippen LogP contribution in [0.4, 0.5) is 5.82 Å². The maximum Gasteiger partial charge on any atom is 0.255 e. The summed E-state index contributed by atoms with van der Waals surface area (Å²) in [7, 11) is 1.82. The van der Waals surface area contributed by atoms with Gasteiger partial charge in [-0.25, -0.2) is 4.98 Å². The van der Waals surface area contributed by atoms with Gasteiger partial charge in [-0.05, 0) is 36.9 Å². The van der Waals surface area contributed by atoms with Gasteiger partial charge in [0.25, 0.3) is 5.91 Å². The summed E-state index contributed by atoms with van der Waals surface area (Å²) in [5.74, 6) is 0.981. The minimum absolute atomic E-state index is 0. The van der Waals surface area contributed by atoms with Crippen molar-refractivity contribution in [3.05, 3.63) is 23.9 Å². The third-order valence-electron chi connectivity index (χ3n) is 4.49. The van der Waals surface area contributed by atoms with Gasteiger partial charge in [-0.1, -0.05) is 26.7 Å². The number of amides is 1. The van der Waals surface area contributed by atoms with E-state index in [1.807, 2.05) is 19.2 Å². The maximum atomic E-state index is 12.5. The van der Waals surface area contributed by atoms with Crippen LogP contribution in [0.2, 0.25) is 0 Å². The van der Waals surface area contributed by atoms with Crippen molar-refractivity contribution < 1.29 is 4.79 Å². The zero-order chi connectivity index (χ0) is 16.9. The topological polar surface area (TPSA) is 62.5 Å². The van der Waals surface area contributed by atoms with E-state index < -0.39 is 0 Å². The molecule has 1 aromatic rings. The fourth-order valence-corrected chi connectivity index (χ4v) is 3.00. The summed E-state index contributed by atoms with van der Waals surface area (Å²) in [6, 6.07) is 3.86. The van der Waals surface area contributed by atoms with Crippen molar-refractivity contribution in [1.29, 1.82) is 0 Å². The summed E-state index contributed by atoms with van der Waals surface area (Å²) in [5, 5.41) is 0. The molecule has 1 saturated heterocycles.